The third-order valence-electron chi connectivity index (χ3n) is 10.3. The molecule has 1 heterocycles. The summed E-state index contributed by atoms with van der Waals surface area (Å²) in [5.41, 5.74) is 10.7. The maximum absolute atomic E-state index is 2.46. The molecule has 1 nitrogen and oxygen atoms in total. The summed E-state index contributed by atoms with van der Waals surface area (Å²) >= 11 is 1.88. The molecule has 244 valence electrons. The molecule has 10 aromatic rings. The molecule has 9 aromatic carbocycles. The molecule has 0 spiro atoms. The van der Waals surface area contributed by atoms with E-state index in [9.17, 15) is 0 Å². The van der Waals surface area contributed by atoms with Gasteiger partial charge >= 0.3 is 0 Å². The fourth-order valence-electron chi connectivity index (χ4n) is 7.89. The summed E-state index contributed by atoms with van der Waals surface area (Å²) in [7, 11) is 0. The number of rotatable bonds is 6. The lowest BCUT2D eigenvalue weighted by Crippen LogP contribution is -2.12. The van der Waals surface area contributed by atoms with E-state index in [0.717, 1.165) is 17.1 Å². The Morgan fingerprint density at radius 1 is 0.308 bits per heavy atom. The first-order chi connectivity index (χ1) is 25.8. The van der Waals surface area contributed by atoms with Crippen LogP contribution in [0, 0.1) is 0 Å². The monoisotopic (exact) mass is 679 g/mol. The second-order valence-electron chi connectivity index (χ2n) is 13.3. The number of thiophene rings is 1. The molecule has 0 saturated carbocycles. The van der Waals surface area contributed by atoms with Crippen LogP contribution in [0.25, 0.3) is 75.1 Å². The Morgan fingerprint density at radius 2 is 0.769 bits per heavy atom. The molecule has 0 amide bonds. The Hall–Kier alpha value is -6.48. The van der Waals surface area contributed by atoms with Gasteiger partial charge in [-0.3, -0.25) is 0 Å². The van der Waals surface area contributed by atoms with Crippen molar-refractivity contribution in [2.75, 3.05) is 4.90 Å². The summed E-state index contributed by atoms with van der Waals surface area (Å²) in [5, 5.41) is 7.60. The van der Waals surface area contributed by atoms with Gasteiger partial charge in [-0.25, -0.2) is 0 Å². The Balaban J connectivity index is 1.21. The first-order valence-electron chi connectivity index (χ1n) is 17.8. The fraction of sp³-hybridized carbons (Fsp3) is 0. The van der Waals surface area contributed by atoms with E-state index < -0.39 is 0 Å². The fourth-order valence-corrected chi connectivity index (χ4v) is 9.12. The van der Waals surface area contributed by atoms with E-state index in [-0.39, 0.29) is 0 Å². The maximum Gasteiger partial charge on any atom is 0.0540 e. The van der Waals surface area contributed by atoms with Gasteiger partial charge in [0.25, 0.3) is 0 Å². The number of hydrogen-bond donors (Lipinski definition) is 0. The molecule has 52 heavy (non-hydrogen) atoms. The highest BCUT2D eigenvalue weighted by atomic mass is 32.1. The second kappa shape index (κ2) is 12.7. The van der Waals surface area contributed by atoms with Crippen LogP contribution in [-0.4, -0.2) is 0 Å². The van der Waals surface area contributed by atoms with Crippen LogP contribution >= 0.6 is 11.3 Å². The normalized spacial score (nSPS) is 11.5. The van der Waals surface area contributed by atoms with E-state index in [0.29, 0.717) is 0 Å². The van der Waals surface area contributed by atoms with Crippen LogP contribution in [0.3, 0.4) is 0 Å². The van der Waals surface area contributed by atoms with Gasteiger partial charge in [-0.2, -0.15) is 0 Å². The highest BCUT2D eigenvalue weighted by molar-refractivity contribution is 7.26. The van der Waals surface area contributed by atoms with Gasteiger partial charge in [0.1, 0.15) is 0 Å². The van der Waals surface area contributed by atoms with Crippen LogP contribution in [0.4, 0.5) is 17.1 Å². The predicted octanol–water partition coefficient (Wildman–Crippen LogP) is 14.8. The highest BCUT2D eigenvalue weighted by Gasteiger charge is 2.22. The summed E-state index contributed by atoms with van der Waals surface area (Å²) in [4.78, 5) is 2.46. The Bertz CT molecular complexity index is 2910. The van der Waals surface area contributed by atoms with E-state index in [1.54, 1.807) is 0 Å². The van der Waals surface area contributed by atoms with Crippen molar-refractivity contribution >= 4 is 70.1 Å². The molecule has 1 aromatic heterocycles. The molecular weight excluding hydrogens is 647 g/mol. The molecule has 0 radical (unpaired) electrons. The first kappa shape index (κ1) is 30.4. The summed E-state index contributed by atoms with van der Waals surface area (Å²) in [6.45, 7) is 0. The van der Waals surface area contributed by atoms with Gasteiger partial charge in [0.2, 0.25) is 0 Å². The Morgan fingerprint density at radius 3 is 1.48 bits per heavy atom. The molecule has 0 aliphatic rings. The van der Waals surface area contributed by atoms with Crippen LogP contribution in [0.2, 0.25) is 0 Å². The van der Waals surface area contributed by atoms with E-state index in [1.807, 2.05) is 11.3 Å². The quantitative estimate of drug-likeness (QED) is 0.169. The van der Waals surface area contributed by atoms with Crippen molar-refractivity contribution in [3.8, 4) is 33.4 Å². The molecule has 0 atom stereocenters. The van der Waals surface area contributed by atoms with Gasteiger partial charge in [-0.15, -0.1) is 11.3 Å². The third-order valence-corrected chi connectivity index (χ3v) is 11.5. The van der Waals surface area contributed by atoms with Gasteiger partial charge in [0.15, 0.2) is 0 Å². The number of para-hydroxylation sites is 2. The van der Waals surface area contributed by atoms with Gasteiger partial charge in [-0.1, -0.05) is 170 Å². The van der Waals surface area contributed by atoms with Crippen LogP contribution in [0.5, 0.6) is 0 Å². The lowest BCUT2D eigenvalue weighted by molar-refractivity contribution is 1.29. The minimum absolute atomic E-state index is 1.10. The van der Waals surface area contributed by atoms with Gasteiger partial charge in [0.05, 0.1) is 11.4 Å². The van der Waals surface area contributed by atoms with E-state index in [1.165, 1.54) is 75.1 Å². The zero-order valence-corrected chi connectivity index (χ0v) is 29.2. The van der Waals surface area contributed by atoms with Crippen molar-refractivity contribution in [2.24, 2.45) is 0 Å². The minimum Gasteiger partial charge on any atom is -0.309 e. The number of benzene rings is 9. The van der Waals surface area contributed by atoms with Crippen molar-refractivity contribution in [1.29, 1.82) is 0 Å². The molecule has 0 aliphatic carbocycles. The van der Waals surface area contributed by atoms with Gasteiger partial charge in [0, 0.05) is 42.6 Å². The SMILES string of the molecule is c1ccc(N(c2ccc(-c3cccc4ccccc34)cc2)c2ccccc2-c2cccc3c2sc2ccccc23)c(-c2cccc3ccccc23)c1. The van der Waals surface area contributed by atoms with E-state index >= 15 is 0 Å². The predicted molar refractivity (Wildman–Crippen MR) is 225 cm³/mol. The molecular formula is C50H33NS. The maximum atomic E-state index is 2.46. The van der Waals surface area contributed by atoms with E-state index in [2.05, 4.69) is 205 Å². The van der Waals surface area contributed by atoms with E-state index in [4.69, 9.17) is 0 Å². The summed E-state index contributed by atoms with van der Waals surface area (Å²) < 4.78 is 2.62. The Kier molecular flexibility index (Phi) is 7.41. The summed E-state index contributed by atoms with van der Waals surface area (Å²) in [5.74, 6) is 0. The smallest absolute Gasteiger partial charge is 0.0540 e. The second-order valence-corrected chi connectivity index (χ2v) is 14.3. The number of nitrogens with zero attached hydrogens (tertiary/aromatic N) is 1. The number of anilines is 3. The molecule has 0 aliphatic heterocycles. The zero-order chi connectivity index (χ0) is 34.4. The zero-order valence-electron chi connectivity index (χ0n) is 28.4. The average molecular weight is 680 g/mol. The topological polar surface area (TPSA) is 3.24 Å². The summed E-state index contributed by atoms with van der Waals surface area (Å²) in [6.07, 6.45) is 0. The van der Waals surface area contributed by atoms with Crippen LogP contribution in [-0.2, 0) is 0 Å². The minimum atomic E-state index is 1.10. The van der Waals surface area contributed by atoms with Crippen LogP contribution in [0.15, 0.2) is 200 Å². The largest absolute Gasteiger partial charge is 0.309 e. The summed E-state index contributed by atoms with van der Waals surface area (Å²) in [6, 6.07) is 72.9. The van der Waals surface area contributed by atoms with Gasteiger partial charge < -0.3 is 4.90 Å². The molecule has 0 bridgehead atoms. The molecule has 0 N–H and O–H groups in total. The highest BCUT2D eigenvalue weighted by Crippen LogP contribution is 2.48. The lowest BCUT2D eigenvalue weighted by atomic mass is 9.94. The molecule has 0 fully saturated rings. The van der Waals surface area contributed by atoms with Crippen molar-refractivity contribution in [2.45, 2.75) is 0 Å². The number of fused-ring (bicyclic) bond motifs is 5. The lowest BCUT2D eigenvalue weighted by Gasteiger charge is -2.30. The van der Waals surface area contributed by atoms with Crippen molar-refractivity contribution in [3.63, 3.8) is 0 Å². The average Bonchev–Trinajstić information content (AvgIpc) is 3.60. The van der Waals surface area contributed by atoms with Crippen molar-refractivity contribution in [1.82, 2.24) is 0 Å². The molecule has 0 unspecified atom stereocenters. The van der Waals surface area contributed by atoms with Crippen LogP contribution < -0.4 is 4.90 Å². The standard InChI is InChI=1S/C50H33NS/c1-3-18-38-34(14-1)16-11-23-39(38)36-30-32-37(33-31-36)51(47-27-8-5-20-42(47)41-24-12-17-35-15-2-4-19-40(35)41)48-28-9-6-21-43(48)45-25-13-26-46-44-22-7-10-29-49(44)52-50(45)46/h1-33H. The van der Waals surface area contributed by atoms with Crippen LogP contribution in [0.1, 0.15) is 0 Å². The molecule has 10 rings (SSSR count). The first-order valence-corrected chi connectivity index (χ1v) is 18.6. The molecule has 2 heteroatoms. The van der Waals surface area contributed by atoms with Crippen molar-refractivity contribution < 1.29 is 0 Å². The van der Waals surface area contributed by atoms with Crippen molar-refractivity contribution in [3.05, 3.63) is 200 Å². The Labute approximate surface area is 307 Å². The van der Waals surface area contributed by atoms with Gasteiger partial charge in [-0.05, 0) is 68.6 Å². The number of hydrogen-bond acceptors (Lipinski definition) is 2. The molecule has 0 saturated heterocycles. The third kappa shape index (κ3) is 5.07.